The highest BCUT2D eigenvalue weighted by Crippen LogP contribution is 2.62. The lowest BCUT2D eigenvalue weighted by Crippen LogP contribution is -2.65. The Hall–Kier alpha value is -1.83. The normalized spacial score (nSPS) is 27.1. The predicted molar refractivity (Wildman–Crippen MR) is 156 cm³/mol. The molecule has 2 aliphatic carbocycles. The van der Waals surface area contributed by atoms with Crippen molar-refractivity contribution in [3.05, 3.63) is 23.3 Å². The van der Waals surface area contributed by atoms with E-state index in [4.69, 9.17) is 42.6 Å². The first-order valence-corrected chi connectivity index (χ1v) is 15.0. The Bertz CT molecular complexity index is 1000. The molecule has 1 fully saturated rings. The Morgan fingerprint density at radius 2 is 1.43 bits per heavy atom. The molecular formula is C31H49NO10. The average molecular weight is 596 g/mol. The number of rotatable bonds is 20. The van der Waals surface area contributed by atoms with E-state index in [1.54, 1.807) is 14.2 Å². The van der Waals surface area contributed by atoms with Crippen LogP contribution in [0.2, 0.25) is 0 Å². The molecule has 1 N–H and O–H groups in total. The van der Waals surface area contributed by atoms with E-state index in [1.807, 2.05) is 20.0 Å². The van der Waals surface area contributed by atoms with Gasteiger partial charge in [-0.1, -0.05) is 6.07 Å². The number of hydrogen-bond donors (Lipinski definition) is 1. The van der Waals surface area contributed by atoms with Crippen molar-refractivity contribution >= 4 is 5.71 Å². The van der Waals surface area contributed by atoms with E-state index >= 15 is 0 Å². The third-order valence-electron chi connectivity index (χ3n) is 8.49. The van der Waals surface area contributed by atoms with Gasteiger partial charge in [0.1, 0.15) is 6.10 Å². The van der Waals surface area contributed by atoms with E-state index in [-0.39, 0.29) is 12.2 Å². The summed E-state index contributed by atoms with van der Waals surface area (Å²) in [5.74, 6) is 1.43. The molecule has 0 unspecified atom stereocenters. The molecule has 4 rings (SSSR count). The van der Waals surface area contributed by atoms with E-state index in [1.165, 1.54) is 0 Å². The second kappa shape index (κ2) is 16.3. The van der Waals surface area contributed by atoms with Crippen LogP contribution >= 0.6 is 0 Å². The van der Waals surface area contributed by atoms with E-state index in [0.717, 1.165) is 29.0 Å². The molecule has 3 aliphatic rings. The molecule has 1 aliphatic heterocycles. The SMILES string of the molecule is CN=C1Cc2ccc(OC)c3c2[C@@]2(C1)[C@@H](O3)[C@@H](OCCOCCOCCOCCOCCOCCOC)CC[C@]2(C)O. The number of hydrogen-bond acceptors (Lipinski definition) is 11. The summed E-state index contributed by atoms with van der Waals surface area (Å²) in [5, 5.41) is 11.8. The van der Waals surface area contributed by atoms with Gasteiger partial charge in [-0.2, -0.15) is 0 Å². The molecule has 11 heteroatoms. The molecule has 0 amide bonds. The molecule has 0 bridgehead atoms. The lowest BCUT2D eigenvalue weighted by Gasteiger charge is -2.53. The second-order valence-corrected chi connectivity index (χ2v) is 11.1. The summed E-state index contributed by atoms with van der Waals surface area (Å²) in [7, 11) is 5.12. The average Bonchev–Trinajstić information content (AvgIpc) is 3.36. The van der Waals surface area contributed by atoms with Crippen LogP contribution in [0.4, 0.5) is 0 Å². The molecule has 4 atom stereocenters. The Morgan fingerprint density at radius 1 is 0.857 bits per heavy atom. The molecule has 42 heavy (non-hydrogen) atoms. The summed E-state index contributed by atoms with van der Waals surface area (Å²) in [6.45, 7) is 8.07. The summed E-state index contributed by atoms with van der Waals surface area (Å²) in [4.78, 5) is 4.56. The van der Waals surface area contributed by atoms with Crippen LogP contribution in [0, 0.1) is 0 Å². The van der Waals surface area contributed by atoms with Crippen molar-refractivity contribution in [2.24, 2.45) is 4.99 Å². The molecule has 0 saturated heterocycles. The topological polar surface area (TPSA) is 116 Å². The quantitative estimate of drug-likeness (QED) is 0.225. The maximum Gasteiger partial charge on any atom is 0.166 e. The number of ether oxygens (including phenoxy) is 9. The lowest BCUT2D eigenvalue weighted by molar-refractivity contribution is -0.155. The van der Waals surface area contributed by atoms with Crippen molar-refractivity contribution in [2.75, 3.05) is 101 Å². The highest BCUT2D eigenvalue weighted by Gasteiger charge is 2.66. The van der Waals surface area contributed by atoms with Crippen molar-refractivity contribution in [1.82, 2.24) is 0 Å². The van der Waals surface area contributed by atoms with Crippen LogP contribution in [0.15, 0.2) is 17.1 Å². The molecule has 1 aromatic rings. The molecule has 11 nitrogen and oxygen atoms in total. The van der Waals surface area contributed by atoms with Crippen molar-refractivity contribution in [3.63, 3.8) is 0 Å². The largest absolute Gasteiger partial charge is 0.493 e. The number of benzene rings is 1. The summed E-state index contributed by atoms with van der Waals surface area (Å²) in [6, 6.07) is 4.03. The summed E-state index contributed by atoms with van der Waals surface area (Å²) < 4.78 is 51.1. The minimum absolute atomic E-state index is 0.185. The van der Waals surface area contributed by atoms with Gasteiger partial charge in [-0.05, 0) is 31.4 Å². The lowest BCUT2D eigenvalue weighted by atomic mass is 9.54. The molecule has 1 spiro atoms. The zero-order valence-corrected chi connectivity index (χ0v) is 25.7. The third-order valence-corrected chi connectivity index (χ3v) is 8.49. The molecule has 1 aromatic carbocycles. The molecule has 0 aromatic heterocycles. The second-order valence-electron chi connectivity index (χ2n) is 11.1. The van der Waals surface area contributed by atoms with Crippen LogP contribution in [-0.2, 0) is 45.0 Å². The monoisotopic (exact) mass is 595 g/mol. The van der Waals surface area contributed by atoms with Gasteiger partial charge in [0, 0.05) is 38.3 Å². The van der Waals surface area contributed by atoms with Crippen LogP contribution in [0.25, 0.3) is 0 Å². The van der Waals surface area contributed by atoms with Gasteiger partial charge in [-0.15, -0.1) is 0 Å². The zero-order valence-electron chi connectivity index (χ0n) is 25.7. The smallest absolute Gasteiger partial charge is 0.166 e. The van der Waals surface area contributed by atoms with Crippen molar-refractivity contribution < 1.29 is 47.7 Å². The van der Waals surface area contributed by atoms with Gasteiger partial charge in [-0.3, -0.25) is 4.99 Å². The molecule has 1 heterocycles. The third kappa shape index (κ3) is 7.62. The Kier molecular flexibility index (Phi) is 12.8. The Morgan fingerprint density at radius 3 is 1.98 bits per heavy atom. The minimum Gasteiger partial charge on any atom is -0.493 e. The molecule has 1 saturated carbocycles. The summed E-state index contributed by atoms with van der Waals surface area (Å²) >= 11 is 0. The van der Waals surface area contributed by atoms with Crippen LogP contribution in [0.5, 0.6) is 11.5 Å². The van der Waals surface area contributed by atoms with Gasteiger partial charge in [0.05, 0.1) is 104 Å². The van der Waals surface area contributed by atoms with Crippen LogP contribution in [-0.4, -0.2) is 129 Å². The molecule has 238 valence electrons. The molecule has 0 radical (unpaired) electrons. The van der Waals surface area contributed by atoms with Crippen molar-refractivity contribution in [1.29, 1.82) is 0 Å². The first-order valence-electron chi connectivity index (χ1n) is 15.0. The highest BCUT2D eigenvalue weighted by atomic mass is 16.6. The van der Waals surface area contributed by atoms with Crippen LogP contribution in [0.3, 0.4) is 0 Å². The maximum atomic E-state index is 11.8. The first-order chi connectivity index (χ1) is 20.5. The van der Waals surface area contributed by atoms with E-state index in [2.05, 4.69) is 11.1 Å². The number of aliphatic imine (C=N–C) groups is 1. The molecular weight excluding hydrogens is 546 g/mol. The summed E-state index contributed by atoms with van der Waals surface area (Å²) in [5.41, 5.74) is 1.66. The van der Waals surface area contributed by atoms with Gasteiger partial charge >= 0.3 is 0 Å². The fourth-order valence-corrected chi connectivity index (χ4v) is 6.35. The zero-order chi connectivity index (χ0) is 29.8. The van der Waals surface area contributed by atoms with Gasteiger partial charge < -0.3 is 47.7 Å². The van der Waals surface area contributed by atoms with E-state index < -0.39 is 11.0 Å². The summed E-state index contributed by atoms with van der Waals surface area (Å²) in [6.07, 6.45) is 2.17. The van der Waals surface area contributed by atoms with Crippen molar-refractivity contribution in [3.8, 4) is 11.5 Å². The first kappa shape index (κ1) is 33.1. The van der Waals surface area contributed by atoms with Crippen molar-refractivity contribution in [2.45, 2.75) is 55.8 Å². The van der Waals surface area contributed by atoms with E-state index in [9.17, 15) is 5.11 Å². The van der Waals surface area contributed by atoms with Crippen LogP contribution < -0.4 is 9.47 Å². The van der Waals surface area contributed by atoms with Gasteiger partial charge in [0.25, 0.3) is 0 Å². The maximum absolute atomic E-state index is 11.8. The highest BCUT2D eigenvalue weighted by molar-refractivity contribution is 5.92. The van der Waals surface area contributed by atoms with Gasteiger partial charge in [0.2, 0.25) is 0 Å². The fraction of sp³-hybridized carbons (Fsp3) is 0.774. The van der Waals surface area contributed by atoms with E-state index in [0.29, 0.717) is 104 Å². The number of nitrogens with zero attached hydrogens (tertiary/aromatic N) is 1. The number of aliphatic hydroxyl groups is 1. The Labute approximate surface area is 249 Å². The number of methoxy groups -OCH3 is 2. The Balaban J connectivity index is 1.13. The predicted octanol–water partition coefficient (Wildman–Crippen LogP) is 2.37. The minimum atomic E-state index is -0.968. The van der Waals surface area contributed by atoms with Crippen LogP contribution in [0.1, 0.15) is 37.3 Å². The van der Waals surface area contributed by atoms with Gasteiger partial charge in [-0.25, -0.2) is 0 Å². The fourth-order valence-electron chi connectivity index (χ4n) is 6.35. The standard InChI is InChI=1S/C31H49NO10/c1-30(33)8-7-26(29-31(30)22-24(32-2)21-23-5-6-25(35-4)28(42-29)27(23)31)41-20-19-40-18-17-39-16-15-38-14-13-37-12-11-36-10-9-34-3/h5-6,26,29,33H,7-22H2,1-4H3/t26-,29-,30-,31-/m0/s1. The van der Waals surface area contributed by atoms with Gasteiger partial charge in [0.15, 0.2) is 11.5 Å².